The fourth-order valence-electron chi connectivity index (χ4n) is 1.80. The maximum Gasteiger partial charge on any atom is 0.450 e. The van der Waals surface area contributed by atoms with E-state index in [-0.39, 0.29) is 23.7 Å². The minimum absolute atomic E-state index is 0.196. The third kappa shape index (κ3) is 2.94. The molecule has 5 nitrogen and oxygen atoms in total. The molecule has 0 aliphatic heterocycles. The first-order valence-electron chi connectivity index (χ1n) is 5.82. The number of methoxy groups -OCH3 is 1. The lowest BCUT2D eigenvalue weighted by Gasteiger charge is -2.09. The number of halogens is 3. The van der Waals surface area contributed by atoms with Crippen molar-refractivity contribution in [3.8, 4) is 0 Å². The molecule has 2 unspecified atom stereocenters. The Morgan fingerprint density at radius 2 is 2.11 bits per heavy atom. The molecule has 0 N–H and O–H groups in total. The van der Waals surface area contributed by atoms with Gasteiger partial charge in [-0.05, 0) is 25.7 Å². The van der Waals surface area contributed by atoms with E-state index in [9.17, 15) is 18.0 Å². The van der Waals surface area contributed by atoms with Gasteiger partial charge >= 0.3 is 6.18 Å². The monoisotopic (exact) mass is 278 g/mol. The number of hydrogen-bond acceptors (Lipinski definition) is 5. The minimum Gasteiger partial charge on any atom is -0.373 e. The van der Waals surface area contributed by atoms with Crippen LogP contribution in [0, 0.1) is 5.92 Å². The molecule has 0 saturated heterocycles. The number of aromatic nitrogens is 2. The van der Waals surface area contributed by atoms with Crippen molar-refractivity contribution in [2.45, 2.75) is 38.0 Å². The highest BCUT2D eigenvalue weighted by atomic mass is 19.4. The number of alkyl halides is 3. The second kappa shape index (κ2) is 4.92. The van der Waals surface area contributed by atoms with E-state index in [4.69, 9.17) is 9.26 Å². The first kappa shape index (κ1) is 14.0. The summed E-state index contributed by atoms with van der Waals surface area (Å²) >= 11 is 0. The molecule has 0 amide bonds. The zero-order valence-electron chi connectivity index (χ0n) is 10.4. The summed E-state index contributed by atoms with van der Waals surface area (Å²) in [6, 6.07) is 0. The summed E-state index contributed by atoms with van der Waals surface area (Å²) in [4.78, 5) is 14.9. The predicted molar refractivity (Wildman–Crippen MR) is 56.2 cm³/mol. The molecule has 1 aromatic rings. The van der Waals surface area contributed by atoms with Crippen LogP contribution >= 0.6 is 0 Å². The number of carbonyl (C=O) groups is 1. The molecular weight excluding hydrogens is 265 g/mol. The Morgan fingerprint density at radius 1 is 1.47 bits per heavy atom. The zero-order chi connectivity index (χ0) is 14.2. The van der Waals surface area contributed by atoms with Crippen molar-refractivity contribution in [3.05, 3.63) is 11.7 Å². The van der Waals surface area contributed by atoms with Crippen LogP contribution in [0.3, 0.4) is 0 Å². The van der Waals surface area contributed by atoms with Crippen LogP contribution in [-0.2, 0) is 9.53 Å². The summed E-state index contributed by atoms with van der Waals surface area (Å²) in [7, 11) is 1.48. The van der Waals surface area contributed by atoms with Crippen LogP contribution in [0.1, 0.15) is 43.5 Å². The highest BCUT2D eigenvalue weighted by molar-refractivity contribution is 5.89. The number of carbonyl (C=O) groups excluding carboxylic acids is 1. The molecular formula is C11H13F3N2O3. The number of rotatable bonds is 5. The van der Waals surface area contributed by atoms with Crippen molar-refractivity contribution in [1.29, 1.82) is 0 Å². The molecule has 19 heavy (non-hydrogen) atoms. The Labute approximate surface area is 107 Å². The SMILES string of the molecule is COC(c1noc(C(C)C(=O)C(F)(F)F)n1)C1CC1. The molecule has 2 atom stereocenters. The van der Waals surface area contributed by atoms with Gasteiger partial charge in [0.15, 0.2) is 0 Å². The normalized spacial score (nSPS) is 19.2. The summed E-state index contributed by atoms with van der Waals surface area (Å²) in [6.45, 7) is 1.09. The molecule has 1 saturated carbocycles. The number of ketones is 1. The quantitative estimate of drug-likeness (QED) is 0.827. The fraction of sp³-hybridized carbons (Fsp3) is 0.727. The van der Waals surface area contributed by atoms with E-state index in [1.165, 1.54) is 7.11 Å². The van der Waals surface area contributed by atoms with E-state index in [1.54, 1.807) is 0 Å². The average Bonchev–Trinajstić information content (AvgIpc) is 3.04. The Hall–Kier alpha value is -1.44. The van der Waals surface area contributed by atoms with E-state index in [2.05, 4.69) is 10.1 Å². The Kier molecular flexibility index (Phi) is 3.62. The van der Waals surface area contributed by atoms with E-state index in [0.717, 1.165) is 19.8 Å². The largest absolute Gasteiger partial charge is 0.450 e. The lowest BCUT2D eigenvalue weighted by Crippen LogP contribution is -2.27. The molecule has 0 spiro atoms. The highest BCUT2D eigenvalue weighted by Crippen LogP contribution is 2.42. The smallest absolute Gasteiger partial charge is 0.373 e. The zero-order valence-corrected chi connectivity index (χ0v) is 10.4. The highest BCUT2D eigenvalue weighted by Gasteiger charge is 2.44. The molecule has 106 valence electrons. The molecule has 0 aromatic carbocycles. The van der Waals surface area contributed by atoms with Crippen molar-refractivity contribution in [1.82, 2.24) is 10.1 Å². The first-order chi connectivity index (χ1) is 8.84. The molecule has 8 heteroatoms. The maximum absolute atomic E-state index is 12.3. The van der Waals surface area contributed by atoms with E-state index in [0.29, 0.717) is 0 Å². The fourth-order valence-corrected chi connectivity index (χ4v) is 1.80. The van der Waals surface area contributed by atoms with Gasteiger partial charge < -0.3 is 9.26 Å². The Balaban J connectivity index is 2.14. The summed E-state index contributed by atoms with van der Waals surface area (Å²) in [6.07, 6.45) is -3.38. The van der Waals surface area contributed by atoms with Crippen molar-refractivity contribution < 1.29 is 27.2 Å². The number of hydrogen-bond donors (Lipinski definition) is 0. The van der Waals surface area contributed by atoms with Gasteiger partial charge in [0.1, 0.15) is 12.0 Å². The molecule has 1 aliphatic rings. The third-order valence-electron chi connectivity index (χ3n) is 3.06. The maximum atomic E-state index is 12.3. The van der Waals surface area contributed by atoms with Crippen LogP contribution in [0.4, 0.5) is 13.2 Å². The summed E-state index contributed by atoms with van der Waals surface area (Å²) in [5.74, 6) is -3.27. The Morgan fingerprint density at radius 3 is 2.58 bits per heavy atom. The molecule has 2 rings (SSSR count). The summed E-state index contributed by atoms with van der Waals surface area (Å²) in [5, 5.41) is 3.60. The van der Waals surface area contributed by atoms with Crippen molar-refractivity contribution >= 4 is 5.78 Å². The molecule has 1 aromatic heterocycles. The van der Waals surface area contributed by atoms with Crippen LogP contribution < -0.4 is 0 Å². The van der Waals surface area contributed by atoms with Gasteiger partial charge in [0, 0.05) is 7.11 Å². The Bertz CT molecular complexity index is 468. The van der Waals surface area contributed by atoms with Gasteiger partial charge in [-0.1, -0.05) is 5.16 Å². The lowest BCUT2D eigenvalue weighted by molar-refractivity contribution is -0.172. The van der Waals surface area contributed by atoms with Crippen LogP contribution in [-0.4, -0.2) is 29.2 Å². The predicted octanol–water partition coefficient (Wildman–Crippen LogP) is 2.40. The van der Waals surface area contributed by atoms with Crippen molar-refractivity contribution in [2.24, 2.45) is 5.92 Å². The van der Waals surface area contributed by atoms with Crippen LogP contribution in [0.2, 0.25) is 0 Å². The van der Waals surface area contributed by atoms with Gasteiger partial charge in [-0.15, -0.1) is 0 Å². The van der Waals surface area contributed by atoms with E-state index < -0.39 is 17.9 Å². The van der Waals surface area contributed by atoms with Crippen LogP contribution in [0.5, 0.6) is 0 Å². The lowest BCUT2D eigenvalue weighted by atomic mass is 10.1. The van der Waals surface area contributed by atoms with Crippen LogP contribution in [0.25, 0.3) is 0 Å². The second-order valence-electron chi connectivity index (χ2n) is 4.57. The first-order valence-corrected chi connectivity index (χ1v) is 5.82. The molecule has 0 radical (unpaired) electrons. The average molecular weight is 278 g/mol. The summed E-state index contributed by atoms with van der Waals surface area (Å²) in [5.41, 5.74) is 0. The van der Waals surface area contributed by atoms with Crippen LogP contribution in [0.15, 0.2) is 4.52 Å². The third-order valence-corrected chi connectivity index (χ3v) is 3.06. The van der Waals surface area contributed by atoms with E-state index in [1.807, 2.05) is 0 Å². The second-order valence-corrected chi connectivity index (χ2v) is 4.57. The summed E-state index contributed by atoms with van der Waals surface area (Å²) < 4.78 is 46.8. The molecule has 1 aliphatic carbocycles. The van der Waals surface area contributed by atoms with Gasteiger partial charge in [0.05, 0.1) is 0 Å². The number of nitrogens with zero attached hydrogens (tertiary/aromatic N) is 2. The van der Waals surface area contributed by atoms with Gasteiger partial charge in [-0.25, -0.2) is 0 Å². The van der Waals surface area contributed by atoms with Gasteiger partial charge in [0.25, 0.3) is 0 Å². The van der Waals surface area contributed by atoms with Crippen molar-refractivity contribution in [2.75, 3.05) is 7.11 Å². The van der Waals surface area contributed by atoms with Gasteiger partial charge in [-0.2, -0.15) is 18.2 Å². The molecule has 0 bridgehead atoms. The minimum atomic E-state index is -4.91. The van der Waals surface area contributed by atoms with Gasteiger partial charge in [-0.3, -0.25) is 4.79 Å². The number of Topliss-reactive ketones (excluding diaryl/α,β-unsaturated/α-hetero) is 1. The molecule has 1 heterocycles. The standard InChI is InChI=1S/C11H13F3N2O3/c1-5(8(17)11(12,13)14)10-15-9(16-19-10)7(18-2)6-3-4-6/h5-7H,3-4H2,1-2H3. The van der Waals surface area contributed by atoms with E-state index >= 15 is 0 Å². The topological polar surface area (TPSA) is 65.2 Å². The van der Waals surface area contributed by atoms with Gasteiger partial charge in [0.2, 0.25) is 17.5 Å². The molecule has 1 fully saturated rings. The van der Waals surface area contributed by atoms with Crippen molar-refractivity contribution in [3.63, 3.8) is 0 Å². The number of ether oxygens (including phenoxy) is 1.